The summed E-state index contributed by atoms with van der Waals surface area (Å²) < 4.78 is 10.7. The Kier molecular flexibility index (Phi) is 6.18. The van der Waals surface area contributed by atoms with Crippen molar-refractivity contribution in [3.63, 3.8) is 0 Å². The van der Waals surface area contributed by atoms with Gasteiger partial charge in [-0.1, -0.05) is 11.6 Å². The summed E-state index contributed by atoms with van der Waals surface area (Å²) in [4.78, 5) is 10.3. The predicted molar refractivity (Wildman–Crippen MR) is 66.4 cm³/mol. The molecule has 1 aromatic heterocycles. The third kappa shape index (κ3) is 5.81. The summed E-state index contributed by atoms with van der Waals surface area (Å²) in [5.74, 6) is 1.03. The molecule has 0 unspecified atom stereocenters. The van der Waals surface area contributed by atoms with Gasteiger partial charge in [-0.15, -0.1) is 0 Å². The van der Waals surface area contributed by atoms with Crippen LogP contribution in [-0.4, -0.2) is 48.7 Å². The minimum absolute atomic E-state index is 0.348. The minimum Gasteiger partial charge on any atom is -0.476 e. The van der Waals surface area contributed by atoms with E-state index in [1.165, 1.54) is 0 Å². The molecule has 0 fully saturated rings. The molecule has 0 aliphatic carbocycles. The molecule has 1 heterocycles. The van der Waals surface area contributed by atoms with Crippen LogP contribution in [-0.2, 0) is 11.3 Å². The number of likely N-dealkylation sites (N-methyl/N-ethyl adjacent to an activating group) is 1. The van der Waals surface area contributed by atoms with Crippen LogP contribution in [0.5, 0.6) is 5.88 Å². The minimum atomic E-state index is 0.348. The third-order valence-corrected chi connectivity index (χ3v) is 2.14. The van der Waals surface area contributed by atoms with Crippen molar-refractivity contribution in [1.29, 1.82) is 0 Å². The van der Waals surface area contributed by atoms with Crippen LogP contribution in [0.3, 0.4) is 0 Å². The Morgan fingerprint density at radius 2 is 2.12 bits per heavy atom. The molecule has 0 aliphatic heterocycles. The van der Waals surface area contributed by atoms with Crippen LogP contribution in [0.1, 0.15) is 12.7 Å². The summed E-state index contributed by atoms with van der Waals surface area (Å²) in [6.45, 7) is 4.27. The largest absolute Gasteiger partial charge is 0.476 e. The molecular formula is C11H18ClN3O2. The van der Waals surface area contributed by atoms with E-state index in [1.807, 2.05) is 25.9 Å². The molecule has 0 bridgehead atoms. The molecule has 96 valence electrons. The Morgan fingerprint density at radius 3 is 2.76 bits per heavy atom. The van der Waals surface area contributed by atoms with E-state index >= 15 is 0 Å². The van der Waals surface area contributed by atoms with Gasteiger partial charge in [0.25, 0.3) is 0 Å². The molecule has 0 aliphatic rings. The first-order chi connectivity index (χ1) is 8.11. The maximum absolute atomic E-state index is 5.87. The van der Waals surface area contributed by atoms with Crippen molar-refractivity contribution in [2.75, 3.05) is 33.9 Å². The van der Waals surface area contributed by atoms with E-state index in [-0.39, 0.29) is 0 Å². The molecule has 0 radical (unpaired) electrons. The Labute approximate surface area is 107 Å². The number of ether oxygens (including phenoxy) is 2. The second-order valence-electron chi connectivity index (χ2n) is 3.73. The van der Waals surface area contributed by atoms with E-state index < -0.39 is 0 Å². The van der Waals surface area contributed by atoms with Crippen molar-refractivity contribution in [3.8, 4) is 5.88 Å². The second-order valence-corrected chi connectivity index (χ2v) is 4.12. The van der Waals surface area contributed by atoms with Crippen molar-refractivity contribution in [3.05, 3.63) is 17.0 Å². The molecule has 0 spiro atoms. The van der Waals surface area contributed by atoms with Crippen LogP contribution in [0.15, 0.2) is 6.07 Å². The molecule has 1 rings (SSSR count). The van der Waals surface area contributed by atoms with Crippen LogP contribution >= 0.6 is 11.6 Å². The molecule has 0 atom stereocenters. The SMILES string of the molecule is CCOCc1nc(Cl)cc(OCCN(C)C)n1. The first-order valence-corrected chi connectivity index (χ1v) is 5.88. The van der Waals surface area contributed by atoms with E-state index in [1.54, 1.807) is 6.07 Å². The molecular weight excluding hydrogens is 242 g/mol. The molecule has 0 saturated carbocycles. The van der Waals surface area contributed by atoms with E-state index in [2.05, 4.69) is 9.97 Å². The predicted octanol–water partition coefficient (Wildman–Crippen LogP) is 1.61. The monoisotopic (exact) mass is 259 g/mol. The second kappa shape index (κ2) is 7.42. The molecule has 0 saturated heterocycles. The highest BCUT2D eigenvalue weighted by Gasteiger charge is 2.04. The summed E-state index contributed by atoms with van der Waals surface area (Å²) in [6, 6.07) is 1.60. The Hall–Kier alpha value is -0.910. The zero-order valence-electron chi connectivity index (χ0n) is 10.4. The number of aromatic nitrogens is 2. The summed E-state index contributed by atoms with van der Waals surface area (Å²) in [5, 5.41) is 0.370. The van der Waals surface area contributed by atoms with Gasteiger partial charge in [0.1, 0.15) is 18.4 Å². The molecule has 0 aromatic carbocycles. The zero-order valence-corrected chi connectivity index (χ0v) is 11.2. The van der Waals surface area contributed by atoms with Crippen molar-refractivity contribution < 1.29 is 9.47 Å². The van der Waals surface area contributed by atoms with E-state index in [4.69, 9.17) is 21.1 Å². The van der Waals surface area contributed by atoms with Crippen molar-refractivity contribution in [2.24, 2.45) is 0 Å². The van der Waals surface area contributed by atoms with Gasteiger partial charge in [0.2, 0.25) is 5.88 Å². The number of halogens is 1. The lowest BCUT2D eigenvalue weighted by atomic mass is 10.5. The van der Waals surface area contributed by atoms with Gasteiger partial charge in [0.05, 0.1) is 0 Å². The average molecular weight is 260 g/mol. The van der Waals surface area contributed by atoms with E-state index in [9.17, 15) is 0 Å². The number of hydrogen-bond donors (Lipinski definition) is 0. The molecule has 5 nitrogen and oxygen atoms in total. The Bertz CT molecular complexity index is 347. The summed E-state index contributed by atoms with van der Waals surface area (Å²) in [6.07, 6.45) is 0. The number of nitrogens with zero attached hydrogens (tertiary/aromatic N) is 3. The van der Waals surface area contributed by atoms with Gasteiger partial charge in [-0.25, -0.2) is 4.98 Å². The maximum atomic E-state index is 5.87. The van der Waals surface area contributed by atoms with E-state index in [0.717, 1.165) is 6.54 Å². The Balaban J connectivity index is 2.55. The quantitative estimate of drug-likeness (QED) is 0.696. The van der Waals surface area contributed by atoms with Crippen LogP contribution < -0.4 is 4.74 Å². The molecule has 6 heteroatoms. The van der Waals surface area contributed by atoms with Crippen molar-refractivity contribution in [2.45, 2.75) is 13.5 Å². The van der Waals surface area contributed by atoms with E-state index in [0.29, 0.717) is 36.7 Å². The topological polar surface area (TPSA) is 47.5 Å². The molecule has 17 heavy (non-hydrogen) atoms. The highest BCUT2D eigenvalue weighted by molar-refractivity contribution is 6.29. The number of rotatable bonds is 7. The summed E-state index contributed by atoms with van der Waals surface area (Å²) in [7, 11) is 3.97. The summed E-state index contributed by atoms with van der Waals surface area (Å²) in [5.41, 5.74) is 0. The number of hydrogen-bond acceptors (Lipinski definition) is 5. The first kappa shape index (κ1) is 14.2. The van der Waals surface area contributed by atoms with Crippen LogP contribution in [0.25, 0.3) is 0 Å². The first-order valence-electron chi connectivity index (χ1n) is 5.50. The third-order valence-electron chi connectivity index (χ3n) is 1.94. The van der Waals surface area contributed by atoms with Crippen LogP contribution in [0.4, 0.5) is 0 Å². The van der Waals surface area contributed by atoms with Crippen molar-refractivity contribution in [1.82, 2.24) is 14.9 Å². The molecule has 0 amide bonds. The Morgan fingerprint density at radius 1 is 1.35 bits per heavy atom. The summed E-state index contributed by atoms with van der Waals surface area (Å²) >= 11 is 5.87. The standard InChI is InChI=1S/C11H18ClN3O2/c1-4-16-8-10-13-9(12)7-11(14-10)17-6-5-15(2)3/h7H,4-6,8H2,1-3H3. The van der Waals surface area contributed by atoms with Gasteiger partial charge >= 0.3 is 0 Å². The van der Waals surface area contributed by atoms with Gasteiger partial charge in [-0.2, -0.15) is 4.98 Å². The lowest BCUT2D eigenvalue weighted by Gasteiger charge is -2.11. The zero-order chi connectivity index (χ0) is 12.7. The van der Waals surface area contributed by atoms with Crippen LogP contribution in [0, 0.1) is 0 Å². The normalized spacial score (nSPS) is 10.9. The maximum Gasteiger partial charge on any atom is 0.218 e. The van der Waals surface area contributed by atoms with Gasteiger partial charge < -0.3 is 14.4 Å². The van der Waals surface area contributed by atoms with Gasteiger partial charge in [0.15, 0.2) is 5.82 Å². The lowest BCUT2D eigenvalue weighted by Crippen LogP contribution is -2.19. The van der Waals surface area contributed by atoms with Gasteiger partial charge in [-0.05, 0) is 21.0 Å². The van der Waals surface area contributed by atoms with Crippen molar-refractivity contribution >= 4 is 11.6 Å². The average Bonchev–Trinajstić information content (AvgIpc) is 2.25. The fourth-order valence-electron chi connectivity index (χ4n) is 1.11. The fourth-order valence-corrected chi connectivity index (χ4v) is 1.30. The highest BCUT2D eigenvalue weighted by Crippen LogP contribution is 2.14. The van der Waals surface area contributed by atoms with Gasteiger partial charge in [-0.3, -0.25) is 0 Å². The van der Waals surface area contributed by atoms with Gasteiger partial charge in [0, 0.05) is 19.2 Å². The smallest absolute Gasteiger partial charge is 0.218 e. The molecule has 1 aromatic rings. The highest BCUT2D eigenvalue weighted by atomic mass is 35.5. The van der Waals surface area contributed by atoms with Crippen LogP contribution in [0.2, 0.25) is 5.15 Å². The molecule has 0 N–H and O–H groups in total. The lowest BCUT2D eigenvalue weighted by molar-refractivity contribution is 0.127. The fraction of sp³-hybridized carbons (Fsp3) is 0.636.